The van der Waals surface area contributed by atoms with Gasteiger partial charge in [0.2, 0.25) is 11.8 Å². The van der Waals surface area contributed by atoms with E-state index in [0.717, 1.165) is 18.5 Å². The lowest BCUT2D eigenvalue weighted by Gasteiger charge is -2.12. The van der Waals surface area contributed by atoms with E-state index < -0.39 is 0 Å². The van der Waals surface area contributed by atoms with E-state index in [4.69, 9.17) is 0 Å². The van der Waals surface area contributed by atoms with E-state index in [1.807, 2.05) is 26.0 Å². The van der Waals surface area contributed by atoms with E-state index in [2.05, 4.69) is 26.1 Å². The summed E-state index contributed by atoms with van der Waals surface area (Å²) in [5, 5.41) is 16.7. The fraction of sp³-hybridized carbons (Fsp3) is 0.333. The number of amides is 2. The van der Waals surface area contributed by atoms with Crippen molar-refractivity contribution in [2.75, 3.05) is 16.0 Å². The number of rotatable bonds is 7. The van der Waals surface area contributed by atoms with Gasteiger partial charge in [0, 0.05) is 24.2 Å². The molecule has 2 rings (SSSR count). The smallest absolute Gasteiger partial charge is 0.228 e. The molecule has 25 heavy (non-hydrogen) atoms. The molecule has 0 spiro atoms. The molecule has 0 saturated heterocycles. The fourth-order valence-corrected chi connectivity index (χ4v) is 2.38. The van der Waals surface area contributed by atoms with E-state index in [0.29, 0.717) is 17.3 Å². The Bertz CT molecular complexity index is 727. The SMILES string of the molecule is CCC(CC)C(=O)Nc1ccc(Nc2cccc(NC(C)=O)c2)nn1. The lowest BCUT2D eigenvalue weighted by Crippen LogP contribution is -2.22. The lowest BCUT2D eigenvalue weighted by molar-refractivity contribution is -0.120. The summed E-state index contributed by atoms with van der Waals surface area (Å²) in [6.07, 6.45) is 1.58. The first-order chi connectivity index (χ1) is 12.0. The van der Waals surface area contributed by atoms with Crippen molar-refractivity contribution in [2.45, 2.75) is 33.6 Å². The molecule has 2 amide bonds. The van der Waals surface area contributed by atoms with Crippen LogP contribution in [0.25, 0.3) is 0 Å². The van der Waals surface area contributed by atoms with E-state index in [1.54, 1.807) is 24.3 Å². The number of carbonyl (C=O) groups is 2. The molecule has 1 aromatic carbocycles. The number of nitrogens with one attached hydrogen (secondary N) is 3. The Morgan fingerprint density at radius 2 is 1.60 bits per heavy atom. The molecule has 0 aliphatic rings. The number of hydrogen-bond acceptors (Lipinski definition) is 5. The molecule has 132 valence electrons. The zero-order chi connectivity index (χ0) is 18.2. The summed E-state index contributed by atoms with van der Waals surface area (Å²) in [4.78, 5) is 23.2. The largest absolute Gasteiger partial charge is 0.339 e. The van der Waals surface area contributed by atoms with Crippen molar-refractivity contribution in [1.82, 2.24) is 10.2 Å². The van der Waals surface area contributed by atoms with Crippen LogP contribution in [-0.4, -0.2) is 22.0 Å². The molecule has 7 nitrogen and oxygen atoms in total. The Labute approximate surface area is 147 Å². The summed E-state index contributed by atoms with van der Waals surface area (Å²) in [5.41, 5.74) is 1.47. The monoisotopic (exact) mass is 341 g/mol. The van der Waals surface area contributed by atoms with Gasteiger partial charge >= 0.3 is 0 Å². The van der Waals surface area contributed by atoms with E-state index in [-0.39, 0.29) is 17.7 Å². The zero-order valence-electron chi connectivity index (χ0n) is 14.7. The fourth-order valence-electron chi connectivity index (χ4n) is 2.38. The highest BCUT2D eigenvalue weighted by Gasteiger charge is 2.14. The predicted octanol–water partition coefficient (Wildman–Crippen LogP) is 3.55. The third-order valence-electron chi connectivity index (χ3n) is 3.73. The highest BCUT2D eigenvalue weighted by Crippen LogP contribution is 2.19. The molecule has 7 heteroatoms. The molecule has 0 aliphatic carbocycles. The zero-order valence-corrected chi connectivity index (χ0v) is 14.7. The number of nitrogens with zero attached hydrogens (tertiary/aromatic N) is 2. The minimum atomic E-state index is -0.130. The van der Waals surface area contributed by atoms with Crippen molar-refractivity contribution in [1.29, 1.82) is 0 Å². The average molecular weight is 341 g/mol. The third kappa shape index (κ3) is 5.56. The van der Waals surface area contributed by atoms with Gasteiger partial charge in [-0.05, 0) is 43.2 Å². The second-order valence-electron chi connectivity index (χ2n) is 5.69. The van der Waals surface area contributed by atoms with Crippen LogP contribution in [-0.2, 0) is 9.59 Å². The molecule has 0 unspecified atom stereocenters. The molecule has 3 N–H and O–H groups in total. The van der Waals surface area contributed by atoms with Crippen LogP contribution >= 0.6 is 0 Å². The highest BCUT2D eigenvalue weighted by atomic mass is 16.2. The molecular formula is C18H23N5O2. The molecule has 1 heterocycles. The maximum Gasteiger partial charge on any atom is 0.228 e. The van der Waals surface area contributed by atoms with Crippen LogP contribution in [0.2, 0.25) is 0 Å². The summed E-state index contributed by atoms with van der Waals surface area (Å²) in [6.45, 7) is 5.43. The molecule has 0 atom stereocenters. The molecule has 1 aromatic heterocycles. The van der Waals surface area contributed by atoms with Crippen molar-refractivity contribution in [3.8, 4) is 0 Å². The van der Waals surface area contributed by atoms with Gasteiger partial charge in [-0.25, -0.2) is 0 Å². The van der Waals surface area contributed by atoms with Crippen LogP contribution in [0, 0.1) is 5.92 Å². The summed E-state index contributed by atoms with van der Waals surface area (Å²) in [6, 6.07) is 10.7. The first kappa shape index (κ1) is 18.4. The maximum absolute atomic E-state index is 12.0. The topological polar surface area (TPSA) is 96.0 Å². The Morgan fingerprint density at radius 1 is 0.960 bits per heavy atom. The van der Waals surface area contributed by atoms with Crippen LogP contribution in [0.15, 0.2) is 36.4 Å². The normalized spacial score (nSPS) is 10.4. The van der Waals surface area contributed by atoms with E-state index >= 15 is 0 Å². The first-order valence-corrected chi connectivity index (χ1v) is 8.31. The molecule has 0 saturated carbocycles. The van der Waals surface area contributed by atoms with Gasteiger partial charge in [0.15, 0.2) is 11.6 Å². The Hall–Kier alpha value is -2.96. The van der Waals surface area contributed by atoms with Crippen LogP contribution in [0.1, 0.15) is 33.6 Å². The van der Waals surface area contributed by atoms with Crippen LogP contribution in [0.3, 0.4) is 0 Å². The van der Waals surface area contributed by atoms with Gasteiger partial charge in [-0.1, -0.05) is 19.9 Å². The van der Waals surface area contributed by atoms with Gasteiger partial charge in [0.1, 0.15) is 0 Å². The number of anilines is 4. The summed E-state index contributed by atoms with van der Waals surface area (Å²) < 4.78 is 0. The van der Waals surface area contributed by atoms with Gasteiger partial charge in [-0.3, -0.25) is 9.59 Å². The molecule has 0 radical (unpaired) electrons. The van der Waals surface area contributed by atoms with Crippen molar-refractivity contribution < 1.29 is 9.59 Å². The van der Waals surface area contributed by atoms with Gasteiger partial charge in [0.25, 0.3) is 0 Å². The van der Waals surface area contributed by atoms with Crippen molar-refractivity contribution in [3.05, 3.63) is 36.4 Å². The van der Waals surface area contributed by atoms with E-state index in [9.17, 15) is 9.59 Å². The van der Waals surface area contributed by atoms with E-state index in [1.165, 1.54) is 6.92 Å². The number of aromatic nitrogens is 2. The molecule has 2 aromatic rings. The Kier molecular flexibility index (Phi) is 6.45. The van der Waals surface area contributed by atoms with Crippen molar-refractivity contribution >= 4 is 34.8 Å². The summed E-state index contributed by atoms with van der Waals surface area (Å²) >= 11 is 0. The van der Waals surface area contributed by atoms with Gasteiger partial charge < -0.3 is 16.0 Å². The van der Waals surface area contributed by atoms with Crippen LogP contribution in [0.5, 0.6) is 0 Å². The highest BCUT2D eigenvalue weighted by molar-refractivity contribution is 5.91. The number of benzene rings is 1. The summed E-state index contributed by atoms with van der Waals surface area (Å²) in [7, 11) is 0. The molecule has 0 bridgehead atoms. The number of carbonyl (C=O) groups excluding carboxylic acids is 2. The predicted molar refractivity (Wildman–Crippen MR) is 98.8 cm³/mol. The Morgan fingerprint density at radius 3 is 2.20 bits per heavy atom. The third-order valence-corrected chi connectivity index (χ3v) is 3.73. The van der Waals surface area contributed by atoms with Gasteiger partial charge in [-0.2, -0.15) is 0 Å². The molecular weight excluding hydrogens is 318 g/mol. The minimum Gasteiger partial charge on any atom is -0.339 e. The molecule has 0 fully saturated rings. The quantitative estimate of drug-likeness (QED) is 0.715. The average Bonchev–Trinajstić information content (AvgIpc) is 2.57. The van der Waals surface area contributed by atoms with Gasteiger partial charge in [-0.15, -0.1) is 10.2 Å². The lowest BCUT2D eigenvalue weighted by atomic mass is 10.0. The van der Waals surface area contributed by atoms with Crippen LogP contribution < -0.4 is 16.0 Å². The minimum absolute atomic E-state index is 0.0175. The molecule has 0 aliphatic heterocycles. The second-order valence-corrected chi connectivity index (χ2v) is 5.69. The van der Waals surface area contributed by atoms with Crippen molar-refractivity contribution in [2.24, 2.45) is 5.92 Å². The standard InChI is InChI=1S/C18H23N5O2/c1-4-13(5-2)18(25)21-17-10-9-16(22-23-17)20-15-8-6-7-14(11-15)19-12(3)24/h6-11,13H,4-5H2,1-3H3,(H,19,24)(H,20,22)(H,21,23,25). The second kappa shape index (κ2) is 8.77. The first-order valence-electron chi connectivity index (χ1n) is 8.31. The van der Waals surface area contributed by atoms with Crippen LogP contribution in [0.4, 0.5) is 23.0 Å². The van der Waals surface area contributed by atoms with Gasteiger partial charge in [0.05, 0.1) is 0 Å². The summed E-state index contributed by atoms with van der Waals surface area (Å²) in [5.74, 6) is 0.781. The number of hydrogen-bond donors (Lipinski definition) is 3. The Balaban J connectivity index is 2.01. The van der Waals surface area contributed by atoms with Crippen molar-refractivity contribution in [3.63, 3.8) is 0 Å². The maximum atomic E-state index is 12.0.